The SMILES string of the molecule is CC(C)C1CSC(Nc2c(F)cccc2Cl)=N1. The molecule has 1 unspecified atom stereocenters. The molecular formula is C12H14ClFN2S. The van der Waals surface area contributed by atoms with Crippen LogP contribution >= 0.6 is 23.4 Å². The number of thioether (sulfide) groups is 1. The molecule has 1 aromatic rings. The van der Waals surface area contributed by atoms with Crippen LogP contribution in [0.25, 0.3) is 0 Å². The van der Waals surface area contributed by atoms with Crippen LogP contribution in [0, 0.1) is 11.7 Å². The predicted octanol–water partition coefficient (Wildman–Crippen LogP) is 4.02. The molecule has 1 N–H and O–H groups in total. The molecule has 17 heavy (non-hydrogen) atoms. The first-order valence-corrected chi connectivity index (χ1v) is 6.86. The summed E-state index contributed by atoms with van der Waals surface area (Å²) in [6, 6.07) is 4.93. The third kappa shape index (κ3) is 2.93. The smallest absolute Gasteiger partial charge is 0.161 e. The Labute approximate surface area is 110 Å². The summed E-state index contributed by atoms with van der Waals surface area (Å²) in [4.78, 5) is 4.51. The summed E-state index contributed by atoms with van der Waals surface area (Å²) in [7, 11) is 0. The monoisotopic (exact) mass is 272 g/mol. The number of halogens is 2. The molecule has 92 valence electrons. The van der Waals surface area contributed by atoms with Crippen molar-refractivity contribution in [3.63, 3.8) is 0 Å². The lowest BCUT2D eigenvalue weighted by Gasteiger charge is -2.09. The number of para-hydroxylation sites is 1. The molecule has 0 saturated heterocycles. The lowest BCUT2D eigenvalue weighted by Crippen LogP contribution is -2.12. The van der Waals surface area contributed by atoms with Gasteiger partial charge >= 0.3 is 0 Å². The predicted molar refractivity (Wildman–Crippen MR) is 73.6 cm³/mol. The summed E-state index contributed by atoms with van der Waals surface area (Å²) in [6.45, 7) is 4.27. The van der Waals surface area contributed by atoms with E-state index in [0.29, 0.717) is 22.7 Å². The molecule has 1 atom stereocenters. The largest absolute Gasteiger partial charge is 0.331 e. The molecule has 0 fully saturated rings. The van der Waals surface area contributed by atoms with Crippen molar-refractivity contribution in [2.45, 2.75) is 19.9 Å². The summed E-state index contributed by atoms with van der Waals surface area (Å²) < 4.78 is 13.5. The van der Waals surface area contributed by atoms with E-state index in [9.17, 15) is 4.39 Å². The van der Waals surface area contributed by atoms with E-state index in [1.54, 1.807) is 23.9 Å². The van der Waals surface area contributed by atoms with Crippen LogP contribution in [0.4, 0.5) is 10.1 Å². The number of nitrogens with zero attached hydrogens (tertiary/aromatic N) is 1. The third-order valence-electron chi connectivity index (χ3n) is 2.64. The normalized spacial score (nSPS) is 19.6. The van der Waals surface area contributed by atoms with Crippen molar-refractivity contribution >= 4 is 34.2 Å². The van der Waals surface area contributed by atoms with Gasteiger partial charge in [-0.1, -0.05) is 43.3 Å². The minimum atomic E-state index is -0.353. The number of aliphatic imine (C=N–C) groups is 1. The van der Waals surface area contributed by atoms with Crippen molar-refractivity contribution in [3.8, 4) is 0 Å². The van der Waals surface area contributed by atoms with Gasteiger partial charge in [0.25, 0.3) is 0 Å². The van der Waals surface area contributed by atoms with Gasteiger partial charge < -0.3 is 5.32 Å². The van der Waals surface area contributed by atoms with Gasteiger partial charge in [0.2, 0.25) is 0 Å². The summed E-state index contributed by atoms with van der Waals surface area (Å²) in [6.07, 6.45) is 0. The first-order chi connectivity index (χ1) is 8.08. The highest BCUT2D eigenvalue weighted by atomic mass is 35.5. The van der Waals surface area contributed by atoms with Gasteiger partial charge in [-0.25, -0.2) is 4.39 Å². The maximum Gasteiger partial charge on any atom is 0.161 e. The van der Waals surface area contributed by atoms with Gasteiger partial charge in [-0.15, -0.1) is 0 Å². The van der Waals surface area contributed by atoms with Gasteiger partial charge in [0.05, 0.1) is 16.8 Å². The fraction of sp³-hybridized carbons (Fsp3) is 0.417. The molecule has 0 amide bonds. The van der Waals surface area contributed by atoms with Gasteiger partial charge in [-0.3, -0.25) is 4.99 Å². The van der Waals surface area contributed by atoms with Crippen molar-refractivity contribution in [2.24, 2.45) is 10.9 Å². The zero-order valence-electron chi connectivity index (χ0n) is 9.71. The fourth-order valence-electron chi connectivity index (χ4n) is 1.52. The number of amidine groups is 1. The average molecular weight is 273 g/mol. The molecule has 0 saturated carbocycles. The summed E-state index contributed by atoms with van der Waals surface area (Å²) in [5, 5.41) is 4.09. The molecule has 2 nitrogen and oxygen atoms in total. The van der Waals surface area contributed by atoms with E-state index in [0.717, 1.165) is 10.9 Å². The molecule has 2 rings (SSSR count). The van der Waals surface area contributed by atoms with Crippen LogP contribution in [-0.2, 0) is 0 Å². The van der Waals surface area contributed by atoms with Crippen molar-refractivity contribution < 1.29 is 4.39 Å². The van der Waals surface area contributed by atoms with E-state index < -0.39 is 0 Å². The van der Waals surface area contributed by atoms with Crippen molar-refractivity contribution in [3.05, 3.63) is 29.0 Å². The Bertz CT molecular complexity index is 428. The van der Waals surface area contributed by atoms with E-state index in [-0.39, 0.29) is 5.82 Å². The summed E-state index contributed by atoms with van der Waals surface area (Å²) in [5.74, 6) is 1.08. The van der Waals surface area contributed by atoms with Gasteiger partial charge in [0.1, 0.15) is 5.82 Å². The van der Waals surface area contributed by atoms with Crippen LogP contribution in [0.3, 0.4) is 0 Å². The molecular weight excluding hydrogens is 259 g/mol. The maximum absolute atomic E-state index is 13.5. The Balaban J connectivity index is 2.15. The van der Waals surface area contributed by atoms with Crippen LogP contribution in [0.15, 0.2) is 23.2 Å². The number of hydrogen-bond donors (Lipinski definition) is 1. The molecule has 1 aliphatic rings. The van der Waals surface area contributed by atoms with Crippen LogP contribution in [0.5, 0.6) is 0 Å². The van der Waals surface area contributed by atoms with Gasteiger partial charge in [0, 0.05) is 5.75 Å². The highest BCUT2D eigenvalue weighted by Crippen LogP contribution is 2.29. The number of benzene rings is 1. The van der Waals surface area contributed by atoms with Gasteiger partial charge in [-0.2, -0.15) is 0 Å². The van der Waals surface area contributed by atoms with E-state index in [4.69, 9.17) is 11.6 Å². The second-order valence-electron chi connectivity index (χ2n) is 4.28. The topological polar surface area (TPSA) is 24.4 Å². The Kier molecular flexibility index (Phi) is 3.94. The first kappa shape index (κ1) is 12.7. The van der Waals surface area contributed by atoms with Crippen molar-refractivity contribution in [1.82, 2.24) is 0 Å². The highest BCUT2D eigenvalue weighted by Gasteiger charge is 2.22. The molecule has 0 spiro atoms. The second kappa shape index (κ2) is 5.27. The number of hydrogen-bond acceptors (Lipinski definition) is 3. The van der Waals surface area contributed by atoms with Crippen LogP contribution in [-0.4, -0.2) is 17.0 Å². The molecule has 0 bridgehead atoms. The fourth-order valence-corrected chi connectivity index (χ4v) is 2.91. The molecule has 1 heterocycles. The van der Waals surface area contributed by atoms with Crippen LogP contribution < -0.4 is 5.32 Å². The van der Waals surface area contributed by atoms with Gasteiger partial charge in [-0.05, 0) is 18.1 Å². The molecule has 0 radical (unpaired) electrons. The van der Waals surface area contributed by atoms with Gasteiger partial charge in [0.15, 0.2) is 5.17 Å². The van der Waals surface area contributed by atoms with Crippen LogP contribution in [0.1, 0.15) is 13.8 Å². The zero-order valence-corrected chi connectivity index (χ0v) is 11.3. The highest BCUT2D eigenvalue weighted by molar-refractivity contribution is 8.14. The minimum absolute atomic E-state index is 0.299. The third-order valence-corrected chi connectivity index (χ3v) is 3.94. The lowest BCUT2D eigenvalue weighted by atomic mass is 10.1. The van der Waals surface area contributed by atoms with E-state index in [1.165, 1.54) is 6.07 Å². The first-order valence-electron chi connectivity index (χ1n) is 5.49. The summed E-state index contributed by atoms with van der Waals surface area (Å²) in [5.41, 5.74) is 0.310. The Morgan fingerprint density at radius 2 is 2.29 bits per heavy atom. The molecule has 0 aromatic heterocycles. The maximum atomic E-state index is 13.5. The Morgan fingerprint density at radius 1 is 1.53 bits per heavy atom. The summed E-state index contributed by atoms with van der Waals surface area (Å²) >= 11 is 7.54. The molecule has 0 aliphatic carbocycles. The van der Waals surface area contributed by atoms with E-state index >= 15 is 0 Å². The number of rotatable bonds is 2. The van der Waals surface area contributed by atoms with Crippen molar-refractivity contribution in [1.29, 1.82) is 0 Å². The zero-order chi connectivity index (χ0) is 12.4. The number of nitrogens with one attached hydrogen (secondary N) is 1. The second-order valence-corrected chi connectivity index (χ2v) is 5.69. The standard InChI is InChI=1S/C12H14ClFN2S/c1-7(2)10-6-17-12(15-10)16-11-8(13)4-3-5-9(11)14/h3-5,7,10H,6H2,1-2H3,(H,15,16). The molecule has 5 heteroatoms. The lowest BCUT2D eigenvalue weighted by molar-refractivity contribution is 0.543. The Morgan fingerprint density at radius 3 is 2.88 bits per heavy atom. The molecule has 1 aromatic carbocycles. The molecule has 1 aliphatic heterocycles. The Hall–Kier alpha value is -0.740. The average Bonchev–Trinajstić information content (AvgIpc) is 2.72. The van der Waals surface area contributed by atoms with Crippen molar-refractivity contribution in [2.75, 3.05) is 11.1 Å². The van der Waals surface area contributed by atoms with E-state index in [1.807, 2.05) is 0 Å². The quantitative estimate of drug-likeness (QED) is 0.879. The number of anilines is 1. The van der Waals surface area contributed by atoms with Crippen LogP contribution in [0.2, 0.25) is 5.02 Å². The minimum Gasteiger partial charge on any atom is -0.331 e. The van der Waals surface area contributed by atoms with E-state index in [2.05, 4.69) is 24.2 Å².